The maximum absolute atomic E-state index is 2.45. The molecule has 1 rings (SSSR count). The quantitative estimate of drug-likeness (QED) is 0.674. The topological polar surface area (TPSA) is 0 Å². The number of hydrogen-bond donors (Lipinski definition) is 0. The van der Waals surface area contributed by atoms with Crippen LogP contribution in [-0.4, -0.2) is 30.6 Å². The molecule has 0 saturated carbocycles. The summed E-state index contributed by atoms with van der Waals surface area (Å²) in [6, 6.07) is 1.41. The maximum atomic E-state index is 2.45. The van der Waals surface area contributed by atoms with E-state index in [4.69, 9.17) is 0 Å². The van der Waals surface area contributed by atoms with E-state index < -0.39 is 8.07 Å². The Morgan fingerprint density at radius 3 is 2.45 bits per heavy atom. The molecule has 2 heteroatoms. The molecule has 0 unspecified atom stereocenters. The molecule has 0 atom stereocenters. The standard InChI is InChI=1S/C9H15Si.Sn.3H/c1-10(2,3)8-9-6-4-5-7-9;;;;/h4,6H,5,8H2,1-3H3;;;;. The first-order valence-corrected chi connectivity index (χ1v) is 10.9. The average Bonchev–Trinajstić information content (AvgIpc) is 2.12. The van der Waals surface area contributed by atoms with Crippen LogP contribution in [0.4, 0.5) is 0 Å². The third-order valence-corrected chi connectivity index (χ3v) is 6.45. The van der Waals surface area contributed by atoms with Gasteiger partial charge in [0.05, 0.1) is 0 Å². The van der Waals surface area contributed by atoms with Gasteiger partial charge in [-0.3, -0.25) is 0 Å². The van der Waals surface area contributed by atoms with Crippen molar-refractivity contribution < 1.29 is 0 Å². The summed E-state index contributed by atoms with van der Waals surface area (Å²) in [7, 11) is -0.840. The summed E-state index contributed by atoms with van der Waals surface area (Å²) in [6.07, 6.45) is 5.99. The van der Waals surface area contributed by atoms with Crippen LogP contribution in [-0.2, 0) is 0 Å². The monoisotopic (exact) mass is 274 g/mol. The number of hydrogen-bond acceptors (Lipinski definition) is 0. The van der Waals surface area contributed by atoms with Gasteiger partial charge in [-0.2, -0.15) is 0 Å². The van der Waals surface area contributed by atoms with Gasteiger partial charge in [0.2, 0.25) is 0 Å². The van der Waals surface area contributed by atoms with Gasteiger partial charge in [0, 0.05) is 0 Å². The van der Waals surface area contributed by atoms with Gasteiger partial charge in [0.1, 0.15) is 0 Å². The molecule has 11 heavy (non-hydrogen) atoms. The van der Waals surface area contributed by atoms with E-state index in [1.54, 1.807) is 9.16 Å². The molecule has 0 aromatic carbocycles. The second kappa shape index (κ2) is 3.48. The minimum atomic E-state index is -0.840. The van der Waals surface area contributed by atoms with Crippen LogP contribution in [0.5, 0.6) is 0 Å². The van der Waals surface area contributed by atoms with E-state index in [0.29, 0.717) is 0 Å². The third kappa shape index (κ3) is 3.15. The van der Waals surface area contributed by atoms with E-state index in [2.05, 4.69) is 31.8 Å². The first kappa shape index (κ1) is 9.58. The van der Waals surface area contributed by atoms with E-state index in [1.807, 2.05) is 0 Å². The predicted octanol–water partition coefficient (Wildman–Crippen LogP) is 1.90. The molecule has 0 aliphatic heterocycles. The summed E-state index contributed by atoms with van der Waals surface area (Å²) < 4.78 is 1.80. The van der Waals surface area contributed by atoms with Gasteiger partial charge in [0.25, 0.3) is 0 Å². The molecular formula is C9H18SiSn. The van der Waals surface area contributed by atoms with Gasteiger partial charge >= 0.3 is 84.0 Å². The molecule has 0 fully saturated rings. The summed E-state index contributed by atoms with van der Waals surface area (Å²) in [5, 5.41) is 0. The molecule has 62 valence electrons. The van der Waals surface area contributed by atoms with Gasteiger partial charge in [-0.15, -0.1) is 0 Å². The van der Waals surface area contributed by atoms with Crippen LogP contribution in [0.15, 0.2) is 21.3 Å². The van der Waals surface area contributed by atoms with E-state index in [-0.39, 0.29) is 0 Å². The molecule has 0 saturated heterocycles. The van der Waals surface area contributed by atoms with Crippen LogP contribution in [0, 0.1) is 0 Å². The van der Waals surface area contributed by atoms with Crippen molar-refractivity contribution >= 4 is 30.6 Å². The Balaban J connectivity index is 2.63. The van der Waals surface area contributed by atoms with E-state index >= 15 is 0 Å². The molecule has 0 spiro atoms. The first-order chi connectivity index (χ1) is 4.99. The van der Waals surface area contributed by atoms with Crippen LogP contribution in [0.25, 0.3) is 0 Å². The summed E-state index contributed by atoms with van der Waals surface area (Å²) in [6.45, 7) is 7.36. The fourth-order valence-corrected chi connectivity index (χ4v) is 5.66. The molecule has 0 bridgehead atoms. The fourth-order valence-electron chi connectivity index (χ4n) is 1.43. The fraction of sp³-hybridized carbons (Fsp3) is 0.556. The Morgan fingerprint density at radius 1 is 1.45 bits per heavy atom. The molecular weight excluding hydrogens is 255 g/mol. The Hall–Kier alpha value is 0.496. The van der Waals surface area contributed by atoms with Crippen LogP contribution in [0.1, 0.15) is 6.42 Å². The second-order valence-electron chi connectivity index (χ2n) is 4.65. The van der Waals surface area contributed by atoms with Crippen LogP contribution >= 0.6 is 0 Å². The van der Waals surface area contributed by atoms with Crippen molar-refractivity contribution in [3.63, 3.8) is 0 Å². The minimum absolute atomic E-state index is 0.762. The molecule has 0 aromatic rings. The number of allylic oxidation sites excluding steroid dienone is 4. The van der Waals surface area contributed by atoms with Gasteiger partial charge in [-0.25, -0.2) is 0 Å². The van der Waals surface area contributed by atoms with Crippen molar-refractivity contribution in [2.24, 2.45) is 0 Å². The van der Waals surface area contributed by atoms with Crippen LogP contribution in [0.2, 0.25) is 25.7 Å². The molecule has 0 aromatic heterocycles. The van der Waals surface area contributed by atoms with Gasteiger partial charge in [-0.1, -0.05) is 0 Å². The number of rotatable bonds is 2. The van der Waals surface area contributed by atoms with E-state index in [1.165, 1.54) is 12.5 Å². The normalized spacial score (nSPS) is 18.5. The van der Waals surface area contributed by atoms with Crippen molar-refractivity contribution in [3.05, 3.63) is 21.3 Å². The zero-order valence-corrected chi connectivity index (χ0v) is 14.8. The molecule has 1 aliphatic carbocycles. The molecule has 1 aliphatic rings. The van der Waals surface area contributed by atoms with Crippen molar-refractivity contribution in [1.29, 1.82) is 0 Å². The second-order valence-corrected chi connectivity index (χ2v) is 13.6. The Labute approximate surface area is 83.9 Å². The third-order valence-electron chi connectivity index (χ3n) is 2.01. The molecule has 0 nitrogen and oxygen atoms in total. The Kier molecular flexibility index (Phi) is 3.03. The zero-order valence-electron chi connectivity index (χ0n) is 8.07. The summed E-state index contributed by atoms with van der Waals surface area (Å²) >= 11 is 0.762. The van der Waals surface area contributed by atoms with Crippen molar-refractivity contribution in [3.8, 4) is 0 Å². The van der Waals surface area contributed by atoms with Crippen LogP contribution in [0.3, 0.4) is 0 Å². The summed E-state index contributed by atoms with van der Waals surface area (Å²) in [5.41, 5.74) is 1.71. The van der Waals surface area contributed by atoms with Gasteiger partial charge in [0.15, 0.2) is 0 Å². The van der Waals surface area contributed by atoms with Gasteiger partial charge < -0.3 is 0 Å². The van der Waals surface area contributed by atoms with Crippen LogP contribution < -0.4 is 0 Å². The first-order valence-electron chi connectivity index (χ1n) is 4.34. The SMILES string of the molecule is C[Si](C)(C)CC1=[C]([SnH3])CC=C1. The van der Waals surface area contributed by atoms with E-state index in [0.717, 1.165) is 22.5 Å². The van der Waals surface area contributed by atoms with Gasteiger partial charge in [-0.05, 0) is 0 Å². The predicted molar refractivity (Wildman–Crippen MR) is 58.9 cm³/mol. The van der Waals surface area contributed by atoms with Crippen molar-refractivity contribution in [1.82, 2.24) is 0 Å². The summed E-state index contributed by atoms with van der Waals surface area (Å²) in [5.74, 6) is 0. The van der Waals surface area contributed by atoms with E-state index in [9.17, 15) is 0 Å². The molecule has 0 N–H and O–H groups in total. The van der Waals surface area contributed by atoms with Crippen molar-refractivity contribution in [2.75, 3.05) is 0 Å². The molecule has 0 heterocycles. The Morgan fingerprint density at radius 2 is 2.09 bits per heavy atom. The zero-order chi connectivity index (χ0) is 8.48. The molecule has 0 amide bonds. The average molecular weight is 273 g/mol. The Bertz CT molecular complexity index is 208. The molecule has 0 radical (unpaired) electrons. The van der Waals surface area contributed by atoms with Crippen molar-refractivity contribution in [2.45, 2.75) is 32.1 Å². The summed E-state index contributed by atoms with van der Waals surface area (Å²) in [4.78, 5) is 0.